The van der Waals surface area contributed by atoms with E-state index in [1.165, 1.54) is 127 Å². The van der Waals surface area contributed by atoms with Gasteiger partial charge in [0.1, 0.15) is 10.1 Å². The summed E-state index contributed by atoms with van der Waals surface area (Å²) in [4.78, 5) is 2.13. The second-order valence-corrected chi connectivity index (χ2v) is 13.1. The second kappa shape index (κ2) is 20.8. The molecule has 1 atom stereocenters. The standard InChI is InChI=1S/C34H54N2O3S.Na/c1-2-3-4-5-6-7-8-9-10-11-12-13-14-15-16-17-18-22-25-34-35-32-28-31(40(37,38)39)26-27-33(32)36(34)29-30-23-20-19-21-24-30;/h19-21,23-24,26-28,34-35H,2-18,22,25,29H2,1H3,(H,37,38,39);/q;+1/p-1. The van der Waals surface area contributed by atoms with E-state index in [4.69, 9.17) is 0 Å². The van der Waals surface area contributed by atoms with E-state index < -0.39 is 10.1 Å². The third-order valence-corrected chi connectivity index (χ3v) is 9.12. The first-order chi connectivity index (χ1) is 19.5. The first kappa shape index (κ1) is 36.1. The molecule has 2 aromatic rings. The average molecular weight is 593 g/mol. The molecule has 0 fully saturated rings. The fourth-order valence-corrected chi connectivity index (χ4v) is 6.40. The molecule has 1 aliphatic heterocycles. The summed E-state index contributed by atoms with van der Waals surface area (Å²) in [5, 5.41) is 3.50. The second-order valence-electron chi connectivity index (χ2n) is 11.7. The molecule has 0 aromatic heterocycles. The van der Waals surface area contributed by atoms with Crippen LogP contribution in [-0.4, -0.2) is 19.1 Å². The van der Waals surface area contributed by atoms with Crippen LogP contribution in [0.5, 0.6) is 0 Å². The third kappa shape index (κ3) is 13.9. The van der Waals surface area contributed by atoms with Crippen LogP contribution in [0, 0.1) is 0 Å². The van der Waals surface area contributed by atoms with Crippen LogP contribution in [0.1, 0.15) is 134 Å². The minimum atomic E-state index is -4.47. The van der Waals surface area contributed by atoms with Crippen molar-refractivity contribution in [2.24, 2.45) is 0 Å². The van der Waals surface area contributed by atoms with E-state index in [1.807, 2.05) is 18.2 Å². The van der Waals surface area contributed by atoms with E-state index in [1.54, 1.807) is 6.07 Å². The molecule has 0 amide bonds. The number of unbranched alkanes of at least 4 members (excludes halogenated alkanes) is 17. The molecule has 0 saturated heterocycles. The van der Waals surface area contributed by atoms with Gasteiger partial charge >= 0.3 is 29.6 Å². The number of hydrogen-bond acceptors (Lipinski definition) is 5. The van der Waals surface area contributed by atoms with E-state index in [2.05, 4.69) is 29.3 Å². The summed E-state index contributed by atoms with van der Waals surface area (Å²) >= 11 is 0. The minimum Gasteiger partial charge on any atom is -0.744 e. The zero-order valence-corrected chi connectivity index (χ0v) is 28.7. The van der Waals surface area contributed by atoms with Crippen LogP contribution < -0.4 is 39.8 Å². The maximum atomic E-state index is 11.5. The zero-order valence-electron chi connectivity index (χ0n) is 25.9. The van der Waals surface area contributed by atoms with Crippen LogP contribution in [-0.2, 0) is 16.7 Å². The van der Waals surface area contributed by atoms with Gasteiger partial charge in [-0.1, -0.05) is 146 Å². The molecule has 1 heterocycles. The van der Waals surface area contributed by atoms with Crippen molar-refractivity contribution in [3.05, 3.63) is 54.1 Å². The molecule has 7 heteroatoms. The van der Waals surface area contributed by atoms with Gasteiger partial charge in [-0.2, -0.15) is 0 Å². The Bertz CT molecular complexity index is 1060. The van der Waals surface area contributed by atoms with Crippen LogP contribution in [0.15, 0.2) is 53.4 Å². The van der Waals surface area contributed by atoms with Crippen LogP contribution in [0.3, 0.4) is 0 Å². The van der Waals surface area contributed by atoms with E-state index in [0.717, 1.165) is 30.8 Å². The molecule has 0 bridgehead atoms. The Kier molecular flexibility index (Phi) is 18.3. The van der Waals surface area contributed by atoms with E-state index >= 15 is 0 Å². The van der Waals surface area contributed by atoms with Gasteiger partial charge in [0.05, 0.1) is 22.4 Å². The summed E-state index contributed by atoms with van der Waals surface area (Å²) < 4.78 is 34.6. The summed E-state index contributed by atoms with van der Waals surface area (Å²) in [5.74, 6) is 0. The number of anilines is 2. The van der Waals surface area contributed by atoms with Gasteiger partial charge in [0.2, 0.25) is 0 Å². The van der Waals surface area contributed by atoms with Crippen LogP contribution >= 0.6 is 0 Å². The Balaban J connectivity index is 0.00000588. The molecule has 41 heavy (non-hydrogen) atoms. The predicted molar refractivity (Wildman–Crippen MR) is 168 cm³/mol. The van der Waals surface area contributed by atoms with Crippen LogP contribution in [0.4, 0.5) is 11.4 Å². The van der Waals surface area contributed by atoms with Gasteiger partial charge in [0.15, 0.2) is 0 Å². The number of nitrogens with zero attached hydrogens (tertiary/aromatic N) is 1. The van der Waals surface area contributed by atoms with Crippen molar-refractivity contribution in [1.82, 2.24) is 0 Å². The van der Waals surface area contributed by atoms with Crippen molar-refractivity contribution in [2.75, 3.05) is 10.2 Å². The SMILES string of the molecule is CCCCCCCCCCCCCCCCCCCCC1Nc2cc(S(=O)(=O)[O-])ccc2N1Cc1ccccc1.[Na+]. The summed E-state index contributed by atoms with van der Waals surface area (Å²) in [6, 6.07) is 15.0. The molecule has 3 rings (SSSR count). The topological polar surface area (TPSA) is 72.5 Å². The van der Waals surface area contributed by atoms with E-state index in [-0.39, 0.29) is 40.6 Å². The van der Waals surface area contributed by atoms with E-state index in [9.17, 15) is 13.0 Å². The van der Waals surface area contributed by atoms with Crippen LogP contribution in [0.2, 0.25) is 0 Å². The van der Waals surface area contributed by atoms with Crippen molar-refractivity contribution in [3.8, 4) is 0 Å². The molecule has 2 aromatic carbocycles. The van der Waals surface area contributed by atoms with Crippen molar-refractivity contribution in [1.29, 1.82) is 0 Å². The Morgan fingerprint density at radius 3 is 1.68 bits per heavy atom. The molecule has 0 aliphatic carbocycles. The largest absolute Gasteiger partial charge is 1.00 e. The van der Waals surface area contributed by atoms with Gasteiger partial charge < -0.3 is 14.8 Å². The molecule has 0 spiro atoms. The number of nitrogens with one attached hydrogen (secondary N) is 1. The van der Waals surface area contributed by atoms with Gasteiger partial charge in [0.25, 0.3) is 0 Å². The third-order valence-electron chi connectivity index (χ3n) is 8.29. The fraction of sp³-hybridized carbons (Fsp3) is 0.647. The maximum Gasteiger partial charge on any atom is 1.00 e. The molecule has 1 unspecified atom stereocenters. The monoisotopic (exact) mass is 592 g/mol. The Hall–Kier alpha value is -1.05. The van der Waals surface area contributed by atoms with Gasteiger partial charge in [-0.3, -0.25) is 0 Å². The van der Waals surface area contributed by atoms with E-state index in [0.29, 0.717) is 0 Å². The molecular weight excluding hydrogens is 539 g/mol. The van der Waals surface area contributed by atoms with Crippen molar-refractivity contribution >= 4 is 21.5 Å². The Labute approximate surface area is 273 Å². The predicted octanol–water partition coefficient (Wildman–Crippen LogP) is 6.78. The van der Waals surface area contributed by atoms with Crippen molar-refractivity contribution in [3.63, 3.8) is 0 Å². The van der Waals surface area contributed by atoms with Gasteiger partial charge in [0, 0.05) is 6.54 Å². The fourth-order valence-electron chi connectivity index (χ4n) is 5.90. The first-order valence-corrected chi connectivity index (χ1v) is 17.6. The minimum absolute atomic E-state index is 0. The quantitative estimate of drug-likeness (QED) is 0.0927. The first-order valence-electron chi connectivity index (χ1n) is 16.2. The summed E-state index contributed by atoms with van der Waals surface area (Å²) in [7, 11) is -4.47. The molecule has 0 saturated carbocycles. The van der Waals surface area contributed by atoms with Crippen molar-refractivity contribution in [2.45, 2.75) is 147 Å². The van der Waals surface area contributed by atoms with Gasteiger partial charge in [-0.15, -0.1) is 0 Å². The number of rotatable bonds is 22. The Morgan fingerprint density at radius 2 is 1.20 bits per heavy atom. The normalized spacial score (nSPS) is 14.5. The number of fused-ring (bicyclic) bond motifs is 1. The zero-order chi connectivity index (χ0) is 28.5. The molecule has 1 aliphatic rings. The smallest absolute Gasteiger partial charge is 0.744 e. The van der Waals surface area contributed by atoms with Gasteiger partial charge in [-0.25, -0.2) is 8.42 Å². The molecule has 224 valence electrons. The number of hydrogen-bond donors (Lipinski definition) is 1. The molecule has 0 radical (unpaired) electrons. The summed E-state index contributed by atoms with van der Waals surface area (Å²) in [6.45, 7) is 3.03. The average Bonchev–Trinajstić information content (AvgIpc) is 3.28. The summed E-state index contributed by atoms with van der Waals surface area (Å²) in [5.41, 5.74) is 2.91. The number of benzene rings is 2. The van der Waals surface area contributed by atoms with Gasteiger partial charge in [-0.05, 0) is 36.6 Å². The maximum absolute atomic E-state index is 11.5. The molecule has 1 N–H and O–H groups in total. The Morgan fingerprint density at radius 1 is 0.707 bits per heavy atom. The van der Waals surface area contributed by atoms with Crippen molar-refractivity contribution < 1.29 is 42.5 Å². The summed E-state index contributed by atoms with van der Waals surface area (Å²) in [6.07, 6.45) is 25.7. The van der Waals surface area contributed by atoms with Crippen LogP contribution in [0.25, 0.3) is 0 Å². The molecule has 5 nitrogen and oxygen atoms in total. The molecular formula is C34H53N2NaO3S.